The molecule has 0 amide bonds. The van der Waals surface area contributed by atoms with Crippen molar-refractivity contribution < 1.29 is 23.7 Å². The van der Waals surface area contributed by atoms with E-state index >= 15 is 0 Å². The Bertz CT molecular complexity index is 144. The molecule has 0 aliphatic carbocycles. The standard InChI is InChI=1S/C13H29NO5/c1-3-15-6-7-17-10-11-19-13-12-18-9-8-16-5-4-14-2/h14H,3-13H2,1-2H3. The highest BCUT2D eigenvalue weighted by Crippen LogP contribution is 1.83. The van der Waals surface area contributed by atoms with E-state index in [1.165, 1.54) is 0 Å². The van der Waals surface area contributed by atoms with Gasteiger partial charge in [-0.15, -0.1) is 0 Å². The van der Waals surface area contributed by atoms with E-state index in [1.807, 2.05) is 14.0 Å². The monoisotopic (exact) mass is 279 g/mol. The summed E-state index contributed by atoms with van der Waals surface area (Å²) in [5, 5.41) is 3.01. The number of rotatable bonds is 16. The SMILES string of the molecule is CCOCCOCCOCCOCCOCCNC. The fourth-order valence-electron chi connectivity index (χ4n) is 1.20. The van der Waals surface area contributed by atoms with Crippen molar-refractivity contribution in [3.05, 3.63) is 0 Å². The Morgan fingerprint density at radius 2 is 0.947 bits per heavy atom. The Hall–Kier alpha value is -0.240. The van der Waals surface area contributed by atoms with Gasteiger partial charge in [-0.25, -0.2) is 0 Å². The Kier molecular flexibility index (Phi) is 17.5. The summed E-state index contributed by atoms with van der Waals surface area (Å²) >= 11 is 0. The minimum absolute atomic E-state index is 0.589. The number of likely N-dealkylation sites (N-methyl/N-ethyl adjacent to an activating group) is 1. The normalized spacial score (nSPS) is 11.1. The van der Waals surface area contributed by atoms with E-state index in [4.69, 9.17) is 23.7 Å². The molecule has 0 rings (SSSR count). The third-order valence-corrected chi connectivity index (χ3v) is 2.19. The van der Waals surface area contributed by atoms with E-state index in [0.29, 0.717) is 52.9 Å². The second-order valence-corrected chi connectivity index (χ2v) is 3.75. The van der Waals surface area contributed by atoms with Gasteiger partial charge in [-0.1, -0.05) is 0 Å². The molecule has 0 aromatic carbocycles. The lowest BCUT2D eigenvalue weighted by Gasteiger charge is -2.07. The lowest BCUT2D eigenvalue weighted by Crippen LogP contribution is -2.17. The summed E-state index contributed by atoms with van der Waals surface area (Å²) in [6.07, 6.45) is 0. The van der Waals surface area contributed by atoms with Crippen molar-refractivity contribution in [1.29, 1.82) is 0 Å². The Balaban J connectivity index is 2.88. The van der Waals surface area contributed by atoms with Gasteiger partial charge in [0.2, 0.25) is 0 Å². The van der Waals surface area contributed by atoms with Crippen molar-refractivity contribution in [1.82, 2.24) is 5.32 Å². The maximum Gasteiger partial charge on any atom is 0.0701 e. The summed E-state index contributed by atoms with van der Waals surface area (Å²) in [4.78, 5) is 0. The van der Waals surface area contributed by atoms with Gasteiger partial charge >= 0.3 is 0 Å². The Labute approximate surface area is 116 Å². The first-order valence-corrected chi connectivity index (χ1v) is 6.95. The summed E-state index contributed by atoms with van der Waals surface area (Å²) in [6, 6.07) is 0. The third-order valence-electron chi connectivity index (χ3n) is 2.19. The minimum atomic E-state index is 0.589. The molecule has 0 heterocycles. The smallest absolute Gasteiger partial charge is 0.0701 e. The van der Waals surface area contributed by atoms with Crippen molar-refractivity contribution in [2.75, 3.05) is 79.7 Å². The molecule has 0 fully saturated rings. The molecule has 0 radical (unpaired) electrons. The molecule has 0 aromatic rings. The maximum atomic E-state index is 5.34. The van der Waals surface area contributed by atoms with Gasteiger partial charge in [-0.2, -0.15) is 0 Å². The van der Waals surface area contributed by atoms with E-state index in [2.05, 4.69) is 5.32 Å². The molecule has 0 saturated carbocycles. The van der Waals surface area contributed by atoms with Crippen molar-refractivity contribution >= 4 is 0 Å². The first-order chi connectivity index (χ1) is 9.41. The zero-order valence-electron chi connectivity index (χ0n) is 12.3. The zero-order chi connectivity index (χ0) is 14.0. The number of hydrogen-bond acceptors (Lipinski definition) is 6. The molecule has 116 valence electrons. The predicted molar refractivity (Wildman–Crippen MR) is 73.7 cm³/mol. The van der Waals surface area contributed by atoms with E-state index in [-0.39, 0.29) is 0 Å². The van der Waals surface area contributed by atoms with Crippen LogP contribution in [0.15, 0.2) is 0 Å². The Morgan fingerprint density at radius 3 is 1.32 bits per heavy atom. The van der Waals surface area contributed by atoms with Crippen LogP contribution in [-0.2, 0) is 23.7 Å². The quantitative estimate of drug-likeness (QED) is 0.410. The molecule has 19 heavy (non-hydrogen) atoms. The van der Waals surface area contributed by atoms with Crippen LogP contribution in [0.25, 0.3) is 0 Å². The van der Waals surface area contributed by atoms with Crippen LogP contribution in [0, 0.1) is 0 Å². The van der Waals surface area contributed by atoms with Gasteiger partial charge in [0.05, 0.1) is 59.5 Å². The molecule has 6 heteroatoms. The summed E-state index contributed by atoms with van der Waals surface area (Å²) in [7, 11) is 1.90. The van der Waals surface area contributed by atoms with Gasteiger partial charge < -0.3 is 29.0 Å². The molecular weight excluding hydrogens is 250 g/mol. The second-order valence-electron chi connectivity index (χ2n) is 3.75. The topological polar surface area (TPSA) is 58.2 Å². The second kappa shape index (κ2) is 17.8. The number of ether oxygens (including phenoxy) is 5. The third kappa shape index (κ3) is 17.8. The molecule has 0 saturated heterocycles. The zero-order valence-corrected chi connectivity index (χ0v) is 12.3. The molecule has 6 nitrogen and oxygen atoms in total. The van der Waals surface area contributed by atoms with Crippen LogP contribution in [0.2, 0.25) is 0 Å². The highest BCUT2D eigenvalue weighted by atomic mass is 16.6. The van der Waals surface area contributed by atoms with E-state index in [0.717, 1.165) is 19.8 Å². The average molecular weight is 279 g/mol. The van der Waals surface area contributed by atoms with Crippen molar-refractivity contribution in [3.8, 4) is 0 Å². The first kappa shape index (κ1) is 18.8. The lowest BCUT2D eigenvalue weighted by molar-refractivity contribution is -0.00989. The van der Waals surface area contributed by atoms with Crippen molar-refractivity contribution in [2.45, 2.75) is 6.92 Å². The van der Waals surface area contributed by atoms with Crippen LogP contribution < -0.4 is 5.32 Å². The van der Waals surface area contributed by atoms with Crippen LogP contribution in [-0.4, -0.2) is 79.7 Å². The fraction of sp³-hybridized carbons (Fsp3) is 1.00. The molecule has 0 unspecified atom stereocenters. The summed E-state index contributed by atoms with van der Waals surface area (Å²) in [5.74, 6) is 0. The van der Waals surface area contributed by atoms with E-state index in [1.54, 1.807) is 0 Å². The highest BCUT2D eigenvalue weighted by Gasteiger charge is 1.92. The van der Waals surface area contributed by atoms with Gasteiger partial charge in [0.25, 0.3) is 0 Å². The molecule has 0 spiro atoms. The summed E-state index contributed by atoms with van der Waals surface area (Å²) < 4.78 is 26.4. The molecule has 0 aliphatic rings. The van der Waals surface area contributed by atoms with Crippen molar-refractivity contribution in [2.24, 2.45) is 0 Å². The predicted octanol–water partition coefficient (Wildman–Crippen LogP) is 0.309. The van der Waals surface area contributed by atoms with Gasteiger partial charge in [0, 0.05) is 13.2 Å². The Morgan fingerprint density at radius 1 is 0.579 bits per heavy atom. The number of hydrogen-bond donors (Lipinski definition) is 1. The van der Waals surface area contributed by atoms with E-state index in [9.17, 15) is 0 Å². The first-order valence-electron chi connectivity index (χ1n) is 6.95. The largest absolute Gasteiger partial charge is 0.379 e. The van der Waals surface area contributed by atoms with Crippen LogP contribution in [0.4, 0.5) is 0 Å². The van der Waals surface area contributed by atoms with Crippen LogP contribution in [0.1, 0.15) is 6.92 Å². The maximum absolute atomic E-state index is 5.34. The van der Waals surface area contributed by atoms with Crippen molar-refractivity contribution in [3.63, 3.8) is 0 Å². The minimum Gasteiger partial charge on any atom is -0.379 e. The molecule has 0 aromatic heterocycles. The molecular formula is C13H29NO5. The average Bonchev–Trinajstić information content (AvgIpc) is 2.43. The molecule has 1 N–H and O–H groups in total. The summed E-state index contributed by atoms with van der Waals surface area (Å²) in [6.45, 7) is 9.16. The van der Waals surface area contributed by atoms with Gasteiger partial charge in [0.15, 0.2) is 0 Å². The summed E-state index contributed by atoms with van der Waals surface area (Å²) in [5.41, 5.74) is 0. The molecule has 0 atom stereocenters. The van der Waals surface area contributed by atoms with Gasteiger partial charge in [0.1, 0.15) is 0 Å². The highest BCUT2D eigenvalue weighted by molar-refractivity contribution is 4.37. The lowest BCUT2D eigenvalue weighted by atomic mass is 10.6. The molecule has 0 aliphatic heterocycles. The van der Waals surface area contributed by atoms with Gasteiger partial charge in [-0.3, -0.25) is 0 Å². The molecule has 0 bridgehead atoms. The van der Waals surface area contributed by atoms with Gasteiger partial charge in [-0.05, 0) is 14.0 Å². The van der Waals surface area contributed by atoms with Crippen LogP contribution >= 0.6 is 0 Å². The van der Waals surface area contributed by atoms with Crippen LogP contribution in [0.5, 0.6) is 0 Å². The van der Waals surface area contributed by atoms with Crippen LogP contribution in [0.3, 0.4) is 0 Å². The van der Waals surface area contributed by atoms with E-state index < -0.39 is 0 Å². The number of nitrogens with one attached hydrogen (secondary N) is 1. The fourth-order valence-corrected chi connectivity index (χ4v) is 1.20.